The first-order valence-corrected chi connectivity index (χ1v) is 9.78. The van der Waals surface area contributed by atoms with Crippen LogP contribution in [0.25, 0.3) is 0 Å². The summed E-state index contributed by atoms with van der Waals surface area (Å²) in [7, 11) is -3.41. The van der Waals surface area contributed by atoms with Gasteiger partial charge in [0.2, 0.25) is 10.0 Å². The van der Waals surface area contributed by atoms with Crippen LogP contribution in [0.4, 0.5) is 11.4 Å². The molecule has 140 valence electrons. The van der Waals surface area contributed by atoms with Crippen molar-refractivity contribution in [2.24, 2.45) is 10.7 Å². The Morgan fingerprint density at radius 3 is 2.77 bits per heavy atom. The fourth-order valence-electron chi connectivity index (χ4n) is 2.90. The zero-order valence-electron chi connectivity index (χ0n) is 14.6. The quantitative estimate of drug-likeness (QED) is 0.387. The highest BCUT2D eigenvalue weighted by molar-refractivity contribution is 14.0. The highest BCUT2D eigenvalue weighted by Gasteiger charge is 2.28. The SMILES string of the molecule is Cc1cccc(NC(N)=NCCS(=O)(=O)N2CCc3ccccc32)c1.I. The van der Waals surface area contributed by atoms with Crippen LogP contribution in [0, 0.1) is 6.92 Å². The van der Waals surface area contributed by atoms with E-state index >= 15 is 0 Å². The Bertz CT molecular complexity index is 900. The van der Waals surface area contributed by atoms with E-state index in [2.05, 4.69) is 10.3 Å². The Hall–Kier alpha value is -1.81. The van der Waals surface area contributed by atoms with Gasteiger partial charge in [0.25, 0.3) is 0 Å². The van der Waals surface area contributed by atoms with Crippen LogP contribution >= 0.6 is 24.0 Å². The second-order valence-corrected chi connectivity index (χ2v) is 8.04. The third kappa shape index (κ3) is 4.88. The summed E-state index contributed by atoms with van der Waals surface area (Å²) in [6.45, 7) is 2.59. The van der Waals surface area contributed by atoms with E-state index in [1.54, 1.807) is 0 Å². The molecule has 0 amide bonds. The van der Waals surface area contributed by atoms with Gasteiger partial charge < -0.3 is 11.1 Å². The molecule has 0 atom stereocenters. The summed E-state index contributed by atoms with van der Waals surface area (Å²) < 4.78 is 26.6. The number of rotatable bonds is 5. The van der Waals surface area contributed by atoms with Gasteiger partial charge in [-0.3, -0.25) is 9.30 Å². The van der Waals surface area contributed by atoms with Crippen molar-refractivity contribution in [1.29, 1.82) is 0 Å². The van der Waals surface area contributed by atoms with E-state index in [1.165, 1.54) is 4.31 Å². The standard InChI is InChI=1S/C18H22N4O2S.HI/c1-14-5-4-7-16(13-14)21-18(19)20-10-12-25(23,24)22-11-9-15-6-2-3-8-17(15)22;/h2-8,13H,9-12H2,1H3,(H3,19,20,21);1H. The van der Waals surface area contributed by atoms with Gasteiger partial charge in [0.1, 0.15) is 0 Å². The van der Waals surface area contributed by atoms with Crippen LogP contribution in [0.1, 0.15) is 11.1 Å². The molecule has 0 radical (unpaired) electrons. The average molecular weight is 486 g/mol. The number of aryl methyl sites for hydroxylation is 1. The maximum atomic E-state index is 12.6. The highest BCUT2D eigenvalue weighted by atomic mass is 127. The number of nitrogens with two attached hydrogens (primary N) is 1. The molecule has 26 heavy (non-hydrogen) atoms. The maximum absolute atomic E-state index is 12.6. The smallest absolute Gasteiger partial charge is 0.237 e. The Morgan fingerprint density at radius 2 is 2.00 bits per heavy atom. The van der Waals surface area contributed by atoms with Gasteiger partial charge in [0.15, 0.2) is 5.96 Å². The molecule has 2 aromatic carbocycles. The summed E-state index contributed by atoms with van der Waals surface area (Å²) in [5.74, 6) is 0.139. The molecule has 0 saturated heterocycles. The van der Waals surface area contributed by atoms with Crippen LogP contribution in [-0.4, -0.2) is 33.2 Å². The molecule has 0 aliphatic carbocycles. The Kier molecular flexibility index (Phi) is 6.87. The van der Waals surface area contributed by atoms with Gasteiger partial charge in [-0.05, 0) is 42.7 Å². The Morgan fingerprint density at radius 1 is 1.23 bits per heavy atom. The van der Waals surface area contributed by atoms with E-state index in [0.29, 0.717) is 6.54 Å². The van der Waals surface area contributed by atoms with Crippen LogP contribution < -0.4 is 15.4 Å². The van der Waals surface area contributed by atoms with E-state index < -0.39 is 10.0 Å². The lowest BCUT2D eigenvalue weighted by molar-refractivity contribution is 0.592. The largest absolute Gasteiger partial charge is 0.370 e. The van der Waals surface area contributed by atoms with Crippen LogP contribution in [-0.2, 0) is 16.4 Å². The molecule has 0 fully saturated rings. The normalized spacial score (nSPS) is 13.9. The highest BCUT2D eigenvalue weighted by Crippen LogP contribution is 2.29. The molecule has 1 aliphatic heterocycles. The molecule has 2 aromatic rings. The molecule has 0 bridgehead atoms. The summed E-state index contributed by atoms with van der Waals surface area (Å²) in [6, 6.07) is 15.3. The second kappa shape index (κ2) is 8.72. The number of aliphatic imine (C=N–C) groups is 1. The minimum absolute atomic E-state index is 0. The van der Waals surface area contributed by atoms with Gasteiger partial charge in [-0.25, -0.2) is 8.42 Å². The minimum atomic E-state index is -3.41. The van der Waals surface area contributed by atoms with Crippen molar-refractivity contribution < 1.29 is 8.42 Å². The Balaban J connectivity index is 0.00000243. The monoisotopic (exact) mass is 486 g/mol. The predicted octanol–water partition coefficient (Wildman–Crippen LogP) is 2.73. The van der Waals surface area contributed by atoms with Gasteiger partial charge in [-0.15, -0.1) is 24.0 Å². The number of hydrogen-bond acceptors (Lipinski definition) is 3. The lowest BCUT2D eigenvalue weighted by atomic mass is 10.2. The number of nitrogens with one attached hydrogen (secondary N) is 1. The maximum Gasteiger partial charge on any atom is 0.237 e. The molecular formula is C18H23IN4O2S. The summed E-state index contributed by atoms with van der Waals surface area (Å²) in [6.07, 6.45) is 0.746. The first-order chi connectivity index (χ1) is 12.0. The number of fused-ring (bicyclic) bond motifs is 1. The molecule has 3 rings (SSSR count). The zero-order chi connectivity index (χ0) is 17.9. The molecule has 0 unspecified atom stereocenters. The van der Waals surface area contributed by atoms with Crippen molar-refractivity contribution in [1.82, 2.24) is 0 Å². The second-order valence-electron chi connectivity index (χ2n) is 6.03. The molecule has 1 aliphatic rings. The molecule has 0 aromatic heterocycles. The Labute approximate surface area is 171 Å². The number of guanidine groups is 1. The molecule has 0 spiro atoms. The molecular weight excluding hydrogens is 463 g/mol. The van der Waals surface area contributed by atoms with Gasteiger partial charge in [0.05, 0.1) is 18.0 Å². The molecule has 0 saturated carbocycles. The summed E-state index contributed by atoms with van der Waals surface area (Å²) in [5.41, 5.74) is 9.62. The fourth-order valence-corrected chi connectivity index (χ4v) is 4.29. The lowest BCUT2D eigenvalue weighted by Crippen LogP contribution is -2.33. The van der Waals surface area contributed by atoms with Gasteiger partial charge in [-0.1, -0.05) is 30.3 Å². The van der Waals surface area contributed by atoms with Crippen molar-refractivity contribution in [3.8, 4) is 0 Å². The lowest BCUT2D eigenvalue weighted by Gasteiger charge is -2.18. The van der Waals surface area contributed by atoms with E-state index in [-0.39, 0.29) is 42.2 Å². The molecule has 6 nitrogen and oxygen atoms in total. The van der Waals surface area contributed by atoms with E-state index in [1.807, 2.05) is 55.5 Å². The van der Waals surface area contributed by atoms with E-state index in [9.17, 15) is 8.42 Å². The number of halogens is 1. The first-order valence-electron chi connectivity index (χ1n) is 8.18. The number of sulfonamides is 1. The summed E-state index contributed by atoms with van der Waals surface area (Å²) >= 11 is 0. The minimum Gasteiger partial charge on any atom is -0.370 e. The topological polar surface area (TPSA) is 87.8 Å². The number of nitrogens with zero attached hydrogens (tertiary/aromatic N) is 2. The van der Waals surface area contributed by atoms with Crippen molar-refractivity contribution in [2.45, 2.75) is 13.3 Å². The van der Waals surface area contributed by atoms with Crippen LogP contribution in [0.2, 0.25) is 0 Å². The van der Waals surface area contributed by atoms with Crippen molar-refractivity contribution >= 4 is 51.3 Å². The fraction of sp³-hybridized carbons (Fsp3) is 0.278. The van der Waals surface area contributed by atoms with Crippen molar-refractivity contribution in [3.63, 3.8) is 0 Å². The van der Waals surface area contributed by atoms with E-state index in [4.69, 9.17) is 5.73 Å². The third-order valence-electron chi connectivity index (χ3n) is 4.10. The molecule has 3 N–H and O–H groups in total. The van der Waals surface area contributed by atoms with Gasteiger partial charge >= 0.3 is 0 Å². The van der Waals surface area contributed by atoms with Crippen molar-refractivity contribution in [3.05, 3.63) is 59.7 Å². The molecule has 8 heteroatoms. The van der Waals surface area contributed by atoms with Crippen molar-refractivity contribution in [2.75, 3.05) is 28.5 Å². The number of anilines is 2. The number of hydrogen-bond donors (Lipinski definition) is 2. The molecule has 1 heterocycles. The third-order valence-corrected chi connectivity index (χ3v) is 5.85. The predicted molar refractivity (Wildman–Crippen MR) is 118 cm³/mol. The first kappa shape index (κ1) is 20.5. The number of para-hydroxylation sites is 1. The summed E-state index contributed by atoms with van der Waals surface area (Å²) in [4.78, 5) is 4.14. The van der Waals surface area contributed by atoms with Crippen LogP contribution in [0.5, 0.6) is 0 Å². The number of benzene rings is 2. The van der Waals surface area contributed by atoms with Gasteiger partial charge in [-0.2, -0.15) is 0 Å². The summed E-state index contributed by atoms with van der Waals surface area (Å²) in [5, 5.41) is 2.97. The zero-order valence-corrected chi connectivity index (χ0v) is 17.7. The van der Waals surface area contributed by atoms with E-state index in [0.717, 1.165) is 28.9 Å². The van der Waals surface area contributed by atoms with Crippen LogP contribution in [0.15, 0.2) is 53.5 Å². The average Bonchev–Trinajstić information content (AvgIpc) is 2.99. The van der Waals surface area contributed by atoms with Crippen LogP contribution in [0.3, 0.4) is 0 Å². The van der Waals surface area contributed by atoms with Gasteiger partial charge in [0, 0.05) is 12.2 Å².